The number of pyridine rings is 1. The number of ether oxygens (including phenoxy) is 1. The van der Waals surface area contributed by atoms with E-state index >= 15 is 0 Å². The summed E-state index contributed by atoms with van der Waals surface area (Å²) < 4.78 is 5.76. The van der Waals surface area contributed by atoms with E-state index in [2.05, 4.69) is 30.2 Å². The van der Waals surface area contributed by atoms with Crippen molar-refractivity contribution in [2.75, 3.05) is 5.32 Å². The highest BCUT2D eigenvalue weighted by Gasteiger charge is 2.12. The molecule has 0 spiro atoms. The molecule has 0 atom stereocenters. The maximum atomic E-state index is 5.76. The lowest BCUT2D eigenvalue weighted by atomic mass is 10.2. The second-order valence-electron chi connectivity index (χ2n) is 5.66. The van der Waals surface area contributed by atoms with Gasteiger partial charge >= 0.3 is 0 Å². The van der Waals surface area contributed by atoms with Crippen LogP contribution >= 0.6 is 0 Å². The molecule has 3 heterocycles. The van der Waals surface area contributed by atoms with Crippen LogP contribution in [0.1, 0.15) is 13.8 Å². The van der Waals surface area contributed by atoms with Crippen LogP contribution in [0.4, 0.5) is 11.6 Å². The highest BCUT2D eigenvalue weighted by molar-refractivity contribution is 5.83. The van der Waals surface area contributed by atoms with Gasteiger partial charge in [0, 0.05) is 17.3 Å². The SMILES string of the molecule is CC(C)Oc1nc(Nc2ccc3ncccc3c2)nc2nc[nH]c12. The summed E-state index contributed by atoms with van der Waals surface area (Å²) >= 11 is 0. The van der Waals surface area contributed by atoms with Gasteiger partial charge in [0.05, 0.1) is 17.9 Å². The molecule has 4 rings (SSSR count). The molecule has 0 unspecified atom stereocenters. The van der Waals surface area contributed by atoms with Crippen LogP contribution in [-0.2, 0) is 0 Å². The van der Waals surface area contributed by atoms with Gasteiger partial charge in [0.25, 0.3) is 0 Å². The van der Waals surface area contributed by atoms with E-state index in [1.165, 1.54) is 0 Å². The summed E-state index contributed by atoms with van der Waals surface area (Å²) in [6.45, 7) is 3.90. The lowest BCUT2D eigenvalue weighted by Gasteiger charge is -2.11. The molecule has 7 heteroatoms. The van der Waals surface area contributed by atoms with Crippen LogP contribution in [0.3, 0.4) is 0 Å². The Morgan fingerprint density at radius 1 is 1.12 bits per heavy atom. The third-order valence-corrected chi connectivity index (χ3v) is 3.46. The molecule has 3 aromatic heterocycles. The maximum Gasteiger partial charge on any atom is 0.245 e. The van der Waals surface area contributed by atoms with E-state index in [4.69, 9.17) is 4.74 Å². The summed E-state index contributed by atoms with van der Waals surface area (Å²) in [4.78, 5) is 20.4. The number of hydrogen-bond donors (Lipinski definition) is 2. The molecule has 0 aliphatic carbocycles. The van der Waals surface area contributed by atoms with E-state index in [0.29, 0.717) is 23.0 Å². The van der Waals surface area contributed by atoms with E-state index in [-0.39, 0.29) is 6.10 Å². The summed E-state index contributed by atoms with van der Waals surface area (Å²) in [6, 6.07) is 9.82. The van der Waals surface area contributed by atoms with Crippen molar-refractivity contribution in [1.82, 2.24) is 24.9 Å². The average Bonchev–Trinajstić information content (AvgIpc) is 3.03. The number of nitrogens with one attached hydrogen (secondary N) is 2. The standard InChI is InChI=1S/C17H16N6O/c1-10(2)24-16-14-15(20-9-19-14)22-17(23-16)21-12-5-6-13-11(8-12)4-3-7-18-13/h3-10H,1-2H3,(H2,19,20,21,22,23). The first kappa shape index (κ1) is 14.4. The molecule has 0 bridgehead atoms. The predicted octanol–water partition coefficient (Wildman–Crippen LogP) is 3.43. The molecule has 2 N–H and O–H groups in total. The number of hydrogen-bond acceptors (Lipinski definition) is 6. The van der Waals surface area contributed by atoms with Crippen LogP contribution in [0.5, 0.6) is 5.88 Å². The van der Waals surface area contributed by atoms with Gasteiger partial charge in [-0.3, -0.25) is 4.98 Å². The lowest BCUT2D eigenvalue weighted by molar-refractivity contribution is 0.235. The second-order valence-corrected chi connectivity index (χ2v) is 5.66. The molecule has 1 aromatic carbocycles. The van der Waals surface area contributed by atoms with Gasteiger partial charge in [-0.15, -0.1) is 0 Å². The van der Waals surface area contributed by atoms with Crippen LogP contribution in [-0.4, -0.2) is 31.0 Å². The Labute approximate surface area is 138 Å². The first-order chi connectivity index (χ1) is 11.7. The maximum absolute atomic E-state index is 5.76. The van der Waals surface area contributed by atoms with Crippen LogP contribution in [0, 0.1) is 0 Å². The van der Waals surface area contributed by atoms with Crippen LogP contribution < -0.4 is 10.1 Å². The minimum atomic E-state index is 0.00555. The molecule has 0 fully saturated rings. The number of nitrogens with zero attached hydrogens (tertiary/aromatic N) is 4. The Morgan fingerprint density at radius 2 is 2.04 bits per heavy atom. The van der Waals surface area contributed by atoms with Crippen LogP contribution in [0.15, 0.2) is 42.9 Å². The Morgan fingerprint density at radius 3 is 2.92 bits per heavy atom. The fourth-order valence-electron chi connectivity index (χ4n) is 2.45. The van der Waals surface area contributed by atoms with Crippen LogP contribution in [0.25, 0.3) is 22.1 Å². The van der Waals surface area contributed by atoms with E-state index in [1.54, 1.807) is 12.5 Å². The van der Waals surface area contributed by atoms with Gasteiger partial charge in [0.15, 0.2) is 5.65 Å². The van der Waals surface area contributed by atoms with Crippen molar-refractivity contribution in [1.29, 1.82) is 0 Å². The number of benzene rings is 1. The minimum Gasteiger partial charge on any atom is -0.473 e. The molecule has 0 aliphatic heterocycles. The number of anilines is 2. The fourth-order valence-corrected chi connectivity index (χ4v) is 2.45. The first-order valence-electron chi connectivity index (χ1n) is 7.68. The van der Waals surface area contributed by atoms with Gasteiger partial charge in [-0.25, -0.2) is 4.98 Å². The summed E-state index contributed by atoms with van der Waals surface area (Å²) in [5, 5.41) is 4.25. The normalized spacial score (nSPS) is 11.3. The van der Waals surface area contributed by atoms with E-state index < -0.39 is 0 Å². The minimum absolute atomic E-state index is 0.00555. The molecular formula is C17H16N6O. The zero-order valence-electron chi connectivity index (χ0n) is 13.3. The van der Waals surface area contributed by atoms with E-state index in [1.807, 2.05) is 44.2 Å². The molecule has 0 saturated heterocycles. The number of rotatable bonds is 4. The smallest absolute Gasteiger partial charge is 0.245 e. The summed E-state index contributed by atoms with van der Waals surface area (Å²) in [5.74, 6) is 0.922. The van der Waals surface area contributed by atoms with Crippen molar-refractivity contribution in [2.45, 2.75) is 20.0 Å². The predicted molar refractivity (Wildman–Crippen MR) is 92.5 cm³/mol. The third-order valence-electron chi connectivity index (χ3n) is 3.46. The van der Waals surface area contributed by atoms with Crippen molar-refractivity contribution < 1.29 is 4.74 Å². The number of aromatic nitrogens is 5. The third kappa shape index (κ3) is 2.71. The zero-order chi connectivity index (χ0) is 16.5. The Hall–Kier alpha value is -3.22. The summed E-state index contributed by atoms with van der Waals surface area (Å²) in [7, 11) is 0. The van der Waals surface area contributed by atoms with Gasteiger partial charge in [-0.2, -0.15) is 9.97 Å². The molecular weight excluding hydrogens is 304 g/mol. The zero-order valence-corrected chi connectivity index (χ0v) is 13.3. The largest absolute Gasteiger partial charge is 0.473 e. The topological polar surface area (TPSA) is 88.6 Å². The summed E-state index contributed by atoms with van der Waals surface area (Å²) in [5.41, 5.74) is 3.07. The van der Waals surface area contributed by atoms with E-state index in [9.17, 15) is 0 Å². The molecule has 0 radical (unpaired) electrons. The number of imidazole rings is 1. The Bertz CT molecular complexity index is 1010. The molecule has 7 nitrogen and oxygen atoms in total. The molecule has 120 valence electrons. The Kier molecular flexibility index (Phi) is 3.45. The average molecular weight is 320 g/mol. The monoisotopic (exact) mass is 320 g/mol. The molecule has 0 saturated carbocycles. The molecule has 4 aromatic rings. The molecule has 0 aliphatic rings. The molecule has 0 amide bonds. The highest BCUT2D eigenvalue weighted by atomic mass is 16.5. The first-order valence-corrected chi connectivity index (χ1v) is 7.68. The molecule has 24 heavy (non-hydrogen) atoms. The van der Waals surface area contributed by atoms with Crippen molar-refractivity contribution in [3.8, 4) is 5.88 Å². The van der Waals surface area contributed by atoms with Gasteiger partial charge in [0.2, 0.25) is 11.8 Å². The van der Waals surface area contributed by atoms with Gasteiger partial charge in [-0.1, -0.05) is 6.07 Å². The van der Waals surface area contributed by atoms with Crippen molar-refractivity contribution in [3.05, 3.63) is 42.9 Å². The Balaban J connectivity index is 1.72. The number of H-pyrrole nitrogens is 1. The van der Waals surface area contributed by atoms with Crippen molar-refractivity contribution in [2.24, 2.45) is 0 Å². The number of fused-ring (bicyclic) bond motifs is 2. The van der Waals surface area contributed by atoms with Crippen molar-refractivity contribution in [3.63, 3.8) is 0 Å². The lowest BCUT2D eigenvalue weighted by Crippen LogP contribution is -2.09. The number of aromatic amines is 1. The van der Waals surface area contributed by atoms with Gasteiger partial charge < -0.3 is 15.0 Å². The van der Waals surface area contributed by atoms with Crippen molar-refractivity contribution >= 4 is 33.7 Å². The summed E-state index contributed by atoms with van der Waals surface area (Å²) in [6.07, 6.45) is 3.36. The second kappa shape index (κ2) is 5.77. The fraction of sp³-hybridized carbons (Fsp3) is 0.176. The van der Waals surface area contributed by atoms with Crippen LogP contribution in [0.2, 0.25) is 0 Å². The van der Waals surface area contributed by atoms with Gasteiger partial charge in [0.1, 0.15) is 5.52 Å². The van der Waals surface area contributed by atoms with E-state index in [0.717, 1.165) is 16.6 Å². The van der Waals surface area contributed by atoms with Gasteiger partial charge in [-0.05, 0) is 38.1 Å². The highest BCUT2D eigenvalue weighted by Crippen LogP contribution is 2.25. The quantitative estimate of drug-likeness (QED) is 0.599.